The summed E-state index contributed by atoms with van der Waals surface area (Å²) in [6.45, 7) is 11.5. The fraction of sp³-hybridized carbons (Fsp3) is 0.321. The Hall–Kier alpha value is -3.67. The normalized spacial score (nSPS) is 17.1. The van der Waals surface area contributed by atoms with Gasteiger partial charge < -0.3 is 24.1 Å². The second-order valence-electron chi connectivity index (χ2n) is 10.3. The predicted molar refractivity (Wildman–Crippen MR) is 134 cm³/mol. The average molecular weight is 461 g/mol. The number of phenols is 2. The number of phenolic OH excluding ortho intramolecular Hbond substituents is 2. The van der Waals surface area contributed by atoms with Crippen LogP contribution in [0.2, 0.25) is 0 Å². The third-order valence-corrected chi connectivity index (χ3v) is 6.18. The molecule has 5 rings (SSSR count). The molecule has 0 aliphatic carbocycles. The molecule has 0 fully saturated rings. The first kappa shape index (κ1) is 22.1. The van der Waals surface area contributed by atoms with Crippen molar-refractivity contribution in [3.8, 4) is 23.0 Å². The maximum absolute atomic E-state index is 13.7. The first-order valence-corrected chi connectivity index (χ1v) is 11.3. The Morgan fingerprint density at radius 1 is 0.941 bits per heavy atom. The van der Waals surface area contributed by atoms with Gasteiger partial charge in [-0.15, -0.1) is 0 Å². The number of benzene rings is 2. The van der Waals surface area contributed by atoms with E-state index in [-0.39, 0.29) is 39.2 Å². The monoisotopic (exact) mass is 460 g/mol. The van der Waals surface area contributed by atoms with Crippen molar-refractivity contribution >= 4 is 34.1 Å². The molecule has 2 aliphatic rings. The highest BCUT2D eigenvalue weighted by Gasteiger charge is 2.32. The topological polar surface area (TPSA) is 89.1 Å². The molecule has 0 radical (unpaired) electrons. The van der Waals surface area contributed by atoms with E-state index in [9.17, 15) is 15.0 Å². The third kappa shape index (κ3) is 3.36. The van der Waals surface area contributed by atoms with Crippen LogP contribution >= 0.6 is 0 Å². The van der Waals surface area contributed by atoms with Crippen LogP contribution in [0.3, 0.4) is 0 Å². The van der Waals surface area contributed by atoms with Crippen LogP contribution in [0.4, 0.5) is 0 Å². The highest BCUT2D eigenvalue weighted by molar-refractivity contribution is 6.01. The van der Waals surface area contributed by atoms with Gasteiger partial charge in [-0.3, -0.25) is 4.79 Å². The van der Waals surface area contributed by atoms with E-state index in [0.717, 1.165) is 5.57 Å². The van der Waals surface area contributed by atoms with Gasteiger partial charge in [0.25, 0.3) is 0 Å². The van der Waals surface area contributed by atoms with Gasteiger partial charge in [0.05, 0.1) is 10.9 Å². The van der Waals surface area contributed by atoms with Crippen molar-refractivity contribution in [2.75, 3.05) is 0 Å². The summed E-state index contributed by atoms with van der Waals surface area (Å²) in [5, 5.41) is 22.5. The molecule has 3 heterocycles. The van der Waals surface area contributed by atoms with Gasteiger partial charge in [-0.25, -0.2) is 0 Å². The Labute approximate surface area is 197 Å². The molecule has 2 aromatic carbocycles. The quantitative estimate of drug-likeness (QED) is 0.348. The van der Waals surface area contributed by atoms with Gasteiger partial charge in [-0.05, 0) is 72.3 Å². The van der Waals surface area contributed by atoms with Crippen LogP contribution in [0.5, 0.6) is 23.0 Å². The molecule has 0 bridgehead atoms. The molecule has 0 spiro atoms. The zero-order chi connectivity index (χ0) is 24.6. The minimum Gasteiger partial charge on any atom is -0.506 e. The Bertz CT molecular complexity index is 1520. The Morgan fingerprint density at radius 3 is 2.26 bits per heavy atom. The Morgan fingerprint density at radius 2 is 1.59 bits per heavy atom. The van der Waals surface area contributed by atoms with Gasteiger partial charge in [0.1, 0.15) is 33.7 Å². The van der Waals surface area contributed by atoms with Crippen LogP contribution in [0.15, 0.2) is 39.1 Å². The van der Waals surface area contributed by atoms with Crippen LogP contribution in [0.25, 0.3) is 34.1 Å². The summed E-state index contributed by atoms with van der Waals surface area (Å²) in [6, 6.07) is 1.63. The van der Waals surface area contributed by atoms with Crippen LogP contribution in [-0.4, -0.2) is 21.4 Å². The summed E-state index contributed by atoms with van der Waals surface area (Å²) in [4.78, 5) is 13.7. The van der Waals surface area contributed by atoms with Gasteiger partial charge in [0.2, 0.25) is 11.2 Å². The molecule has 2 aliphatic heterocycles. The van der Waals surface area contributed by atoms with Gasteiger partial charge in [-0.2, -0.15) is 0 Å². The predicted octanol–water partition coefficient (Wildman–Crippen LogP) is 6.23. The fourth-order valence-corrected chi connectivity index (χ4v) is 4.41. The van der Waals surface area contributed by atoms with Gasteiger partial charge in [0, 0.05) is 11.1 Å². The summed E-state index contributed by atoms with van der Waals surface area (Å²) in [6.07, 6.45) is 9.74. The minimum atomic E-state index is -0.618. The minimum absolute atomic E-state index is 0.0192. The molecule has 0 unspecified atom stereocenters. The standard InChI is InChI=1S/C28H28O6/c1-14(2)7-8-17-24-16(10-12-28(5,6)34-24)20(29)19-21(30)18-13-15-9-11-27(3,4)33-23(15)22(31)26(18)32-25(17)19/h7,9-13,29,31H,8H2,1-6H3. The zero-order valence-corrected chi connectivity index (χ0v) is 20.2. The lowest BCUT2D eigenvalue weighted by Gasteiger charge is -2.30. The molecule has 0 saturated carbocycles. The molecule has 6 heteroatoms. The highest BCUT2D eigenvalue weighted by Crippen LogP contribution is 2.48. The molecule has 0 amide bonds. The molecule has 0 saturated heterocycles. The van der Waals surface area contributed by atoms with Crippen LogP contribution < -0.4 is 14.9 Å². The lowest BCUT2D eigenvalue weighted by Crippen LogP contribution is -2.28. The first-order chi connectivity index (χ1) is 15.9. The summed E-state index contributed by atoms with van der Waals surface area (Å²) in [5.74, 6) is 0.292. The van der Waals surface area contributed by atoms with Gasteiger partial charge in [-0.1, -0.05) is 17.7 Å². The molecule has 3 aromatic rings. The molecule has 34 heavy (non-hydrogen) atoms. The number of hydrogen-bond acceptors (Lipinski definition) is 6. The first-order valence-electron chi connectivity index (χ1n) is 11.3. The number of allylic oxidation sites excluding steroid dienone is 2. The summed E-state index contributed by atoms with van der Waals surface area (Å²) in [5.41, 5.74) is 1.31. The number of rotatable bonds is 2. The SMILES string of the molecule is CC(C)=CCc1c2c(c(O)c3c(=O)c4cc5c(c(O)c4oc13)OC(C)(C)C=C5)C=CC(C)(C)O2. The van der Waals surface area contributed by atoms with E-state index in [2.05, 4.69) is 0 Å². The largest absolute Gasteiger partial charge is 0.506 e. The van der Waals surface area contributed by atoms with E-state index in [1.54, 1.807) is 12.1 Å². The van der Waals surface area contributed by atoms with Crippen molar-refractivity contribution in [1.29, 1.82) is 0 Å². The summed E-state index contributed by atoms with van der Waals surface area (Å²) < 4.78 is 18.4. The number of aromatic hydroxyl groups is 2. The van der Waals surface area contributed by atoms with Crippen LogP contribution in [-0.2, 0) is 6.42 Å². The van der Waals surface area contributed by atoms with Crippen molar-refractivity contribution in [1.82, 2.24) is 0 Å². The molecule has 0 atom stereocenters. The van der Waals surface area contributed by atoms with Gasteiger partial charge in [0.15, 0.2) is 11.3 Å². The van der Waals surface area contributed by atoms with Crippen molar-refractivity contribution < 1.29 is 24.1 Å². The smallest absolute Gasteiger partial charge is 0.204 e. The van der Waals surface area contributed by atoms with E-state index < -0.39 is 16.6 Å². The van der Waals surface area contributed by atoms with Crippen LogP contribution in [0.1, 0.15) is 58.2 Å². The maximum Gasteiger partial charge on any atom is 0.204 e. The van der Waals surface area contributed by atoms with Crippen molar-refractivity contribution in [2.45, 2.75) is 59.2 Å². The second-order valence-corrected chi connectivity index (χ2v) is 10.3. The van der Waals surface area contributed by atoms with Crippen LogP contribution in [0, 0.1) is 0 Å². The van der Waals surface area contributed by atoms with E-state index in [0.29, 0.717) is 28.9 Å². The van der Waals surface area contributed by atoms with E-state index >= 15 is 0 Å². The summed E-state index contributed by atoms with van der Waals surface area (Å²) >= 11 is 0. The molecule has 2 N–H and O–H groups in total. The average Bonchev–Trinajstić information content (AvgIpc) is 2.73. The molecule has 176 valence electrons. The zero-order valence-electron chi connectivity index (χ0n) is 20.2. The second kappa shape index (κ2) is 7.16. The van der Waals surface area contributed by atoms with E-state index in [1.807, 2.05) is 65.8 Å². The molecule has 1 aromatic heterocycles. The maximum atomic E-state index is 13.7. The number of ether oxygens (including phenoxy) is 2. The van der Waals surface area contributed by atoms with Crippen molar-refractivity contribution in [3.63, 3.8) is 0 Å². The Kier molecular flexibility index (Phi) is 4.66. The Balaban J connectivity index is 1.93. The lowest BCUT2D eigenvalue weighted by atomic mass is 9.93. The highest BCUT2D eigenvalue weighted by atomic mass is 16.5. The number of fused-ring (bicyclic) bond motifs is 4. The molecular weight excluding hydrogens is 432 g/mol. The third-order valence-electron chi connectivity index (χ3n) is 6.18. The van der Waals surface area contributed by atoms with Gasteiger partial charge >= 0.3 is 0 Å². The van der Waals surface area contributed by atoms with E-state index in [4.69, 9.17) is 13.9 Å². The molecule has 6 nitrogen and oxygen atoms in total. The summed E-state index contributed by atoms with van der Waals surface area (Å²) in [7, 11) is 0. The van der Waals surface area contributed by atoms with Crippen molar-refractivity contribution in [2.24, 2.45) is 0 Å². The number of hydrogen-bond donors (Lipinski definition) is 2. The fourth-order valence-electron chi connectivity index (χ4n) is 4.41. The van der Waals surface area contributed by atoms with Crippen molar-refractivity contribution in [3.05, 3.63) is 56.8 Å². The van der Waals surface area contributed by atoms with E-state index in [1.165, 1.54) is 0 Å². The molecular formula is C28H28O6. The lowest BCUT2D eigenvalue weighted by molar-refractivity contribution is 0.153.